The molecule has 3 aromatic rings. The zero-order valence-electron chi connectivity index (χ0n) is 17.8. The fourth-order valence-corrected chi connectivity index (χ4v) is 4.79. The number of carbonyl (C=O) groups is 2. The van der Waals surface area contributed by atoms with Crippen molar-refractivity contribution in [2.45, 2.75) is 49.7 Å². The molecule has 9 heteroatoms. The molecule has 1 fully saturated rings. The summed E-state index contributed by atoms with van der Waals surface area (Å²) in [6.07, 6.45) is 7.25. The van der Waals surface area contributed by atoms with Crippen LogP contribution in [0.15, 0.2) is 47.6 Å². The highest BCUT2D eigenvalue weighted by molar-refractivity contribution is 7.99. The van der Waals surface area contributed by atoms with Gasteiger partial charge in [0.25, 0.3) is 0 Å². The Kier molecular flexibility index (Phi) is 8.64. The van der Waals surface area contributed by atoms with Crippen LogP contribution < -0.4 is 5.73 Å². The summed E-state index contributed by atoms with van der Waals surface area (Å²) in [6, 6.07) is 15.6. The number of fused-ring (bicyclic) bond motifs is 1. The van der Waals surface area contributed by atoms with Gasteiger partial charge in [0.2, 0.25) is 0 Å². The first kappa shape index (κ1) is 23.7. The summed E-state index contributed by atoms with van der Waals surface area (Å²) in [5.74, 6) is -1.67. The van der Waals surface area contributed by atoms with E-state index in [1.807, 2.05) is 0 Å². The number of thioether (sulfide) groups is 1. The second kappa shape index (κ2) is 11.6. The standard InChI is InChI=1S/C21H26N4S.C2H2O4/c22-13-14-26-21-24-23-20(25(21)18-10-2-1-3-11-18)15-17-9-6-8-16-7-4-5-12-19(16)17;3-1(4)2(5)6/h4-9,12,18H,1-3,10-11,13-15,22H2;(H,3,4)(H,5,6). The molecule has 0 unspecified atom stereocenters. The van der Waals surface area contributed by atoms with E-state index in [9.17, 15) is 0 Å². The molecule has 1 aliphatic carbocycles. The van der Waals surface area contributed by atoms with Crippen molar-refractivity contribution >= 4 is 34.5 Å². The zero-order valence-corrected chi connectivity index (χ0v) is 18.6. The lowest BCUT2D eigenvalue weighted by molar-refractivity contribution is -0.159. The monoisotopic (exact) mass is 456 g/mol. The van der Waals surface area contributed by atoms with Crippen molar-refractivity contribution in [3.8, 4) is 0 Å². The molecule has 2 aromatic carbocycles. The predicted molar refractivity (Wildman–Crippen MR) is 124 cm³/mol. The van der Waals surface area contributed by atoms with Crippen LogP contribution in [0.5, 0.6) is 0 Å². The third-order valence-electron chi connectivity index (χ3n) is 5.44. The average Bonchev–Trinajstić information content (AvgIpc) is 3.21. The molecule has 0 spiro atoms. The van der Waals surface area contributed by atoms with E-state index in [2.05, 4.69) is 57.2 Å². The van der Waals surface area contributed by atoms with Crippen LogP contribution in [0.3, 0.4) is 0 Å². The van der Waals surface area contributed by atoms with Crippen molar-refractivity contribution in [2.75, 3.05) is 12.3 Å². The number of hydrogen-bond acceptors (Lipinski definition) is 6. The molecular weight excluding hydrogens is 428 g/mol. The molecule has 0 aliphatic heterocycles. The number of nitrogens with two attached hydrogens (primary N) is 1. The number of benzene rings is 2. The maximum Gasteiger partial charge on any atom is 0.414 e. The Morgan fingerprint density at radius 1 is 1.00 bits per heavy atom. The van der Waals surface area contributed by atoms with Gasteiger partial charge in [-0.15, -0.1) is 10.2 Å². The summed E-state index contributed by atoms with van der Waals surface area (Å²) in [5.41, 5.74) is 7.04. The molecule has 1 aromatic heterocycles. The molecule has 0 atom stereocenters. The fraction of sp³-hybridized carbons (Fsp3) is 0.391. The lowest BCUT2D eigenvalue weighted by atomic mass is 9.95. The molecule has 32 heavy (non-hydrogen) atoms. The van der Waals surface area contributed by atoms with Crippen molar-refractivity contribution in [3.05, 3.63) is 53.9 Å². The number of carboxylic acid groups (broad SMARTS) is 2. The van der Waals surface area contributed by atoms with Crippen LogP contribution in [0, 0.1) is 0 Å². The van der Waals surface area contributed by atoms with Gasteiger partial charge in [0, 0.05) is 24.8 Å². The maximum absolute atomic E-state index is 9.10. The Balaban J connectivity index is 0.000000427. The Morgan fingerprint density at radius 3 is 2.38 bits per heavy atom. The van der Waals surface area contributed by atoms with Gasteiger partial charge in [0.1, 0.15) is 5.82 Å². The molecule has 4 N–H and O–H groups in total. The Morgan fingerprint density at radius 2 is 1.69 bits per heavy atom. The normalized spacial score (nSPS) is 14.0. The number of nitrogens with zero attached hydrogens (tertiary/aromatic N) is 3. The maximum atomic E-state index is 9.10. The smallest absolute Gasteiger partial charge is 0.414 e. The lowest BCUT2D eigenvalue weighted by Crippen LogP contribution is -2.17. The van der Waals surface area contributed by atoms with E-state index in [1.165, 1.54) is 48.4 Å². The van der Waals surface area contributed by atoms with E-state index in [4.69, 9.17) is 25.5 Å². The van der Waals surface area contributed by atoms with Crippen LogP contribution in [0.2, 0.25) is 0 Å². The summed E-state index contributed by atoms with van der Waals surface area (Å²) < 4.78 is 2.42. The topological polar surface area (TPSA) is 131 Å². The van der Waals surface area contributed by atoms with Crippen molar-refractivity contribution in [1.29, 1.82) is 0 Å². The highest BCUT2D eigenvalue weighted by Gasteiger charge is 2.23. The van der Waals surface area contributed by atoms with Gasteiger partial charge < -0.3 is 20.5 Å². The average molecular weight is 457 g/mol. The first-order chi connectivity index (χ1) is 15.5. The zero-order chi connectivity index (χ0) is 22.9. The van der Waals surface area contributed by atoms with Crippen LogP contribution in [0.4, 0.5) is 0 Å². The molecule has 4 rings (SSSR count). The van der Waals surface area contributed by atoms with Gasteiger partial charge in [0.15, 0.2) is 5.16 Å². The number of hydrogen-bond donors (Lipinski definition) is 3. The third-order valence-corrected chi connectivity index (χ3v) is 6.41. The molecule has 1 saturated carbocycles. The molecular formula is C23H28N4O4S. The second-order valence-corrected chi connectivity index (χ2v) is 8.69. The van der Waals surface area contributed by atoms with Crippen molar-refractivity contribution < 1.29 is 19.8 Å². The highest BCUT2D eigenvalue weighted by Crippen LogP contribution is 2.33. The van der Waals surface area contributed by atoms with Gasteiger partial charge >= 0.3 is 11.9 Å². The van der Waals surface area contributed by atoms with E-state index in [0.29, 0.717) is 12.6 Å². The number of aromatic nitrogens is 3. The molecule has 0 amide bonds. The quantitative estimate of drug-likeness (QED) is 0.378. The molecule has 170 valence electrons. The van der Waals surface area contributed by atoms with E-state index < -0.39 is 11.9 Å². The summed E-state index contributed by atoms with van der Waals surface area (Å²) in [7, 11) is 0. The van der Waals surface area contributed by atoms with Crippen LogP contribution in [0.1, 0.15) is 49.5 Å². The first-order valence-corrected chi connectivity index (χ1v) is 11.7. The van der Waals surface area contributed by atoms with Gasteiger partial charge in [-0.3, -0.25) is 0 Å². The first-order valence-electron chi connectivity index (χ1n) is 10.7. The molecule has 0 bridgehead atoms. The molecule has 1 aliphatic rings. The van der Waals surface area contributed by atoms with Gasteiger partial charge in [-0.1, -0.05) is 73.5 Å². The van der Waals surface area contributed by atoms with E-state index >= 15 is 0 Å². The molecule has 1 heterocycles. The van der Waals surface area contributed by atoms with E-state index in [0.717, 1.165) is 23.2 Å². The molecule has 0 saturated heterocycles. The number of rotatable bonds is 6. The predicted octanol–water partition coefficient (Wildman–Crippen LogP) is 3.73. The van der Waals surface area contributed by atoms with Gasteiger partial charge in [-0.05, 0) is 29.2 Å². The minimum atomic E-state index is -1.82. The second-order valence-electron chi connectivity index (χ2n) is 7.62. The van der Waals surface area contributed by atoms with Crippen molar-refractivity contribution in [1.82, 2.24) is 14.8 Å². The SMILES string of the molecule is NCCSc1nnc(Cc2cccc3ccccc23)n1C1CCCCC1.O=C(O)C(=O)O. The summed E-state index contributed by atoms with van der Waals surface area (Å²) >= 11 is 1.74. The Hall–Kier alpha value is -2.91. The largest absolute Gasteiger partial charge is 0.473 e. The van der Waals surface area contributed by atoms with Crippen molar-refractivity contribution in [2.24, 2.45) is 5.73 Å². The van der Waals surface area contributed by atoms with Gasteiger partial charge in [0.05, 0.1) is 0 Å². The van der Waals surface area contributed by atoms with Crippen LogP contribution in [-0.4, -0.2) is 49.2 Å². The minimum absolute atomic E-state index is 0.531. The van der Waals surface area contributed by atoms with Crippen molar-refractivity contribution in [3.63, 3.8) is 0 Å². The minimum Gasteiger partial charge on any atom is -0.473 e. The van der Waals surface area contributed by atoms with Gasteiger partial charge in [-0.25, -0.2) is 9.59 Å². The van der Waals surface area contributed by atoms with Crippen LogP contribution in [0.25, 0.3) is 10.8 Å². The fourth-order valence-electron chi connectivity index (χ4n) is 4.00. The van der Waals surface area contributed by atoms with E-state index in [-0.39, 0.29) is 0 Å². The van der Waals surface area contributed by atoms with Crippen LogP contribution in [-0.2, 0) is 16.0 Å². The Labute approximate surface area is 190 Å². The van der Waals surface area contributed by atoms with Gasteiger partial charge in [-0.2, -0.15) is 0 Å². The molecule has 8 nitrogen and oxygen atoms in total. The number of carboxylic acids is 2. The summed E-state index contributed by atoms with van der Waals surface area (Å²) in [5, 5.41) is 27.5. The number of aliphatic carboxylic acids is 2. The summed E-state index contributed by atoms with van der Waals surface area (Å²) in [6.45, 7) is 0.668. The Bertz CT molecular complexity index is 1050. The highest BCUT2D eigenvalue weighted by atomic mass is 32.2. The molecule has 0 radical (unpaired) electrons. The van der Waals surface area contributed by atoms with Crippen LogP contribution >= 0.6 is 11.8 Å². The summed E-state index contributed by atoms with van der Waals surface area (Å²) in [4.78, 5) is 18.2. The third kappa shape index (κ3) is 6.08. The lowest BCUT2D eigenvalue weighted by Gasteiger charge is -2.25. The van der Waals surface area contributed by atoms with E-state index in [1.54, 1.807) is 11.8 Å².